The Labute approximate surface area is 373 Å². The highest BCUT2D eigenvalue weighted by atomic mass is 16.8. The molecule has 14 N–H and O–H groups in total. The van der Waals surface area contributed by atoms with Gasteiger partial charge < -0.3 is 105 Å². The van der Waals surface area contributed by atoms with Crippen molar-refractivity contribution >= 4 is 35.6 Å². The lowest BCUT2D eigenvalue weighted by atomic mass is 9.70. The number of aliphatic hydroxyl groups is 3. The zero-order valence-corrected chi connectivity index (χ0v) is 33.2. The molecule has 1 fully saturated rings. The van der Waals surface area contributed by atoms with E-state index in [1.165, 1.54) is 0 Å². The molecule has 27 nitrogen and oxygen atoms in total. The van der Waals surface area contributed by atoms with Crippen LogP contribution in [-0.2, 0) is 38.0 Å². The van der Waals surface area contributed by atoms with E-state index < -0.39 is 204 Å². The molecule has 7 atom stereocenters. The summed E-state index contributed by atoms with van der Waals surface area (Å²) in [6.45, 7) is -1.31. The van der Waals surface area contributed by atoms with Crippen molar-refractivity contribution in [3.05, 3.63) is 69.8 Å². The van der Waals surface area contributed by atoms with E-state index in [4.69, 9.17) is 33.2 Å². The summed E-state index contributed by atoms with van der Waals surface area (Å²) >= 11 is 0. The Morgan fingerprint density at radius 1 is 0.574 bits per heavy atom. The lowest BCUT2D eigenvalue weighted by Crippen LogP contribution is -2.70. The summed E-state index contributed by atoms with van der Waals surface area (Å²) in [5.41, 5.74) is -8.48. The van der Waals surface area contributed by atoms with Gasteiger partial charge in [0.1, 0.15) is 12.7 Å². The SMILES string of the molecule is O=C1O[C@H]2[C@@H]3OC(=O)c4cc(O)c(O)c(O)c4-c4c(cc(O)c(O)c4O)C(=O)OC[C@H]2O[C@@H](OC(=O)c2cc(O)c(O)c(O)c2)[C@H]3OC(=O)c2cc(O)c(O)c3c2[C@@H]2C1=CC(=O)[C@](O)(O3)C2(O)O. The Morgan fingerprint density at radius 2 is 1.07 bits per heavy atom. The molecule has 1 saturated heterocycles. The molecule has 0 amide bonds. The van der Waals surface area contributed by atoms with Gasteiger partial charge in [-0.25, -0.2) is 24.0 Å². The second kappa shape index (κ2) is 14.8. The van der Waals surface area contributed by atoms with Gasteiger partial charge in [0.25, 0.3) is 5.79 Å². The number of carbonyl (C=O) groups is 6. The molecule has 5 aliphatic rings. The van der Waals surface area contributed by atoms with E-state index in [2.05, 4.69) is 0 Å². The van der Waals surface area contributed by atoms with E-state index in [0.717, 1.165) is 0 Å². The van der Waals surface area contributed by atoms with Gasteiger partial charge in [-0.2, -0.15) is 0 Å². The maximum Gasteiger partial charge on any atom is 0.340 e. The predicted molar refractivity (Wildman–Crippen MR) is 204 cm³/mol. The molecule has 0 aromatic heterocycles. The van der Waals surface area contributed by atoms with E-state index in [0.29, 0.717) is 30.3 Å². The first-order valence-corrected chi connectivity index (χ1v) is 19.1. The van der Waals surface area contributed by atoms with Gasteiger partial charge in [-0.3, -0.25) is 4.79 Å². The van der Waals surface area contributed by atoms with Gasteiger partial charge in [0.05, 0.1) is 33.7 Å². The smallest absolute Gasteiger partial charge is 0.340 e. The molecule has 4 aromatic rings. The summed E-state index contributed by atoms with van der Waals surface area (Å²) in [5, 5.41) is 150. The van der Waals surface area contributed by atoms with Gasteiger partial charge in [-0.05, 0) is 36.4 Å². The molecule has 1 aliphatic carbocycles. The fraction of sp³-hybridized carbons (Fsp3) is 0.220. The first-order valence-electron chi connectivity index (χ1n) is 19.1. The van der Waals surface area contributed by atoms with Crippen LogP contribution in [0.15, 0.2) is 42.0 Å². The molecule has 4 aromatic carbocycles. The number of cyclic esters (lactones) is 1. The van der Waals surface area contributed by atoms with E-state index in [1.807, 2.05) is 0 Å². The van der Waals surface area contributed by atoms with E-state index in [-0.39, 0.29) is 6.08 Å². The maximum atomic E-state index is 14.6. The van der Waals surface area contributed by atoms with Crippen LogP contribution < -0.4 is 4.74 Å². The third-order valence-corrected chi connectivity index (χ3v) is 11.5. The zero-order chi connectivity index (χ0) is 49.4. The lowest BCUT2D eigenvalue weighted by molar-refractivity contribution is -0.339. The number of phenols is 11. The number of phenolic OH excluding ortho intramolecular Hbond substituents is 11. The number of hydrogen-bond donors (Lipinski definition) is 14. The van der Waals surface area contributed by atoms with Crippen molar-refractivity contribution in [1.29, 1.82) is 0 Å². The summed E-state index contributed by atoms with van der Waals surface area (Å²) in [7, 11) is 0. The van der Waals surface area contributed by atoms with Gasteiger partial charge >= 0.3 is 35.6 Å². The number of fused-ring (bicyclic) bond motifs is 4. The number of aromatic hydroxyl groups is 11. The molecule has 4 aliphatic heterocycles. The normalized spacial score (nSPS) is 25.7. The molecule has 354 valence electrons. The van der Waals surface area contributed by atoms with Crippen molar-refractivity contribution in [3.8, 4) is 80.1 Å². The van der Waals surface area contributed by atoms with Crippen molar-refractivity contribution in [2.75, 3.05) is 6.61 Å². The van der Waals surface area contributed by atoms with E-state index in [1.54, 1.807) is 0 Å². The van der Waals surface area contributed by atoms with E-state index >= 15 is 0 Å². The number of ketones is 1. The van der Waals surface area contributed by atoms with Crippen molar-refractivity contribution in [2.45, 2.75) is 48.2 Å². The van der Waals surface area contributed by atoms with Crippen LogP contribution in [0.1, 0.15) is 52.9 Å². The third-order valence-electron chi connectivity index (χ3n) is 11.5. The lowest BCUT2D eigenvalue weighted by Gasteiger charge is -2.49. The van der Waals surface area contributed by atoms with Gasteiger partial charge in [-0.15, -0.1) is 0 Å². The van der Waals surface area contributed by atoms with Crippen molar-refractivity contribution in [2.24, 2.45) is 0 Å². The highest BCUT2D eigenvalue weighted by molar-refractivity contribution is 6.10. The fourth-order valence-electron chi connectivity index (χ4n) is 8.25. The Balaban J connectivity index is 1.30. The van der Waals surface area contributed by atoms with Gasteiger partial charge in [0, 0.05) is 16.7 Å². The van der Waals surface area contributed by atoms with Crippen LogP contribution in [0.4, 0.5) is 0 Å². The van der Waals surface area contributed by atoms with Crippen molar-refractivity contribution in [1.82, 2.24) is 0 Å². The largest absolute Gasteiger partial charge is 0.504 e. The highest BCUT2D eigenvalue weighted by Crippen LogP contribution is 2.59. The Hall–Kier alpha value is -8.92. The summed E-state index contributed by atoms with van der Waals surface area (Å²) in [4.78, 5) is 84.8. The molecule has 0 radical (unpaired) electrons. The fourth-order valence-corrected chi connectivity index (χ4v) is 8.25. The Kier molecular flexibility index (Phi) is 9.64. The summed E-state index contributed by atoms with van der Waals surface area (Å²) < 4.78 is 38.9. The number of benzene rings is 4. The number of rotatable bonds is 2. The minimum atomic E-state index is -3.98. The van der Waals surface area contributed by atoms with Gasteiger partial charge in [0.15, 0.2) is 64.0 Å². The van der Waals surface area contributed by atoms with Crippen LogP contribution in [-0.4, -0.2) is 156 Å². The van der Waals surface area contributed by atoms with Crippen molar-refractivity contribution in [3.63, 3.8) is 0 Å². The van der Waals surface area contributed by atoms with Gasteiger partial charge in [-0.1, -0.05) is 0 Å². The molecular formula is C41H28O27. The Morgan fingerprint density at radius 3 is 1.68 bits per heavy atom. The number of ether oxygens (including phenoxy) is 7. The number of carbonyl (C=O) groups excluding carboxylic acids is 6. The predicted octanol–water partition coefficient (Wildman–Crippen LogP) is -1.10. The first-order chi connectivity index (χ1) is 31.9. The monoisotopic (exact) mass is 952 g/mol. The zero-order valence-electron chi connectivity index (χ0n) is 33.2. The molecule has 68 heavy (non-hydrogen) atoms. The third kappa shape index (κ3) is 6.21. The van der Waals surface area contributed by atoms with Crippen LogP contribution in [0.5, 0.6) is 69.0 Å². The average Bonchev–Trinajstić information content (AvgIpc) is 3.28. The molecule has 0 spiro atoms. The quantitative estimate of drug-likeness (QED) is 0.0491. The second-order valence-electron chi connectivity index (χ2n) is 15.5. The number of hydrogen-bond acceptors (Lipinski definition) is 27. The topological polar surface area (TPSA) is 450 Å². The minimum Gasteiger partial charge on any atom is -0.504 e. The molecule has 0 saturated carbocycles. The van der Waals surface area contributed by atoms with Crippen LogP contribution in [0, 0.1) is 0 Å². The number of esters is 5. The van der Waals surface area contributed by atoms with E-state index in [9.17, 15) is 100 Å². The van der Waals surface area contributed by atoms with Gasteiger partial charge in [0.2, 0.25) is 35.4 Å². The second-order valence-corrected chi connectivity index (χ2v) is 15.5. The summed E-state index contributed by atoms with van der Waals surface area (Å²) in [6, 6.07) is 2.32. The molecule has 9 rings (SSSR count). The molecule has 6 bridgehead atoms. The highest BCUT2D eigenvalue weighted by Gasteiger charge is 2.70. The van der Waals surface area contributed by atoms with Crippen molar-refractivity contribution < 1.29 is 133 Å². The average molecular weight is 953 g/mol. The molecule has 27 heteroatoms. The van der Waals surface area contributed by atoms with Crippen LogP contribution in [0.25, 0.3) is 11.1 Å². The molecular weight excluding hydrogens is 924 g/mol. The van der Waals surface area contributed by atoms with Crippen LogP contribution in [0.3, 0.4) is 0 Å². The molecule has 0 unspecified atom stereocenters. The Bertz CT molecular complexity index is 3020. The standard InChI is InChI=1S/C41H28O27/c42-13-1-8(2-14(43)24(13)48)34(54)67-39-33-32-30(64-38(58)12-6-19(47)41(61)40(59,60)23(12)22-11(37(57)66-33)5-17(46)27(51)31(22)68-41)18(63-39)7-62-35(55)9-3-15(44)25(49)28(52)20(9)21-10(36(56)65-32)4-16(45)26(50)29(21)53/h1-6,18,23,30,32-33,39,42-46,48-53,59-61H,7H2/t18-,23+,30-,32+,33+,39+,41+/m1/s1. The van der Waals surface area contributed by atoms with Crippen LogP contribution in [0.2, 0.25) is 0 Å². The van der Waals surface area contributed by atoms with Crippen LogP contribution >= 0.6 is 0 Å². The first kappa shape index (κ1) is 44.3. The summed E-state index contributed by atoms with van der Waals surface area (Å²) in [6.07, 6.45) is -12.1. The summed E-state index contributed by atoms with van der Waals surface area (Å²) in [5.74, 6) is -36.5. The molecule has 4 heterocycles. The maximum absolute atomic E-state index is 14.6. The minimum absolute atomic E-state index is 0.264.